The molecule has 0 radical (unpaired) electrons. The summed E-state index contributed by atoms with van der Waals surface area (Å²) in [5, 5.41) is 10.3. The molecule has 3 heterocycles. The van der Waals surface area contributed by atoms with Crippen LogP contribution < -0.4 is 0 Å². The molecular weight excluding hydrogens is 344 g/mol. The Bertz CT molecular complexity index is 921. The quantitative estimate of drug-likeness (QED) is 0.757. The number of H-pyrrole nitrogens is 1. The van der Waals surface area contributed by atoms with E-state index in [-0.39, 0.29) is 5.91 Å². The second-order valence-corrected chi connectivity index (χ2v) is 7.89. The molecule has 0 saturated carbocycles. The van der Waals surface area contributed by atoms with E-state index < -0.39 is 0 Å². The van der Waals surface area contributed by atoms with Gasteiger partial charge in [-0.15, -0.1) is 11.3 Å². The van der Waals surface area contributed by atoms with Crippen LogP contribution in [0.25, 0.3) is 11.1 Å². The van der Waals surface area contributed by atoms with Crippen LogP contribution in [0.1, 0.15) is 45.5 Å². The molecule has 134 valence electrons. The van der Waals surface area contributed by atoms with Crippen LogP contribution in [0.2, 0.25) is 0 Å². The van der Waals surface area contributed by atoms with E-state index in [0.717, 1.165) is 30.9 Å². The van der Waals surface area contributed by atoms with Crippen LogP contribution in [0.15, 0.2) is 35.8 Å². The zero-order valence-corrected chi connectivity index (χ0v) is 15.8. The number of carbonyl (C=O) groups is 1. The van der Waals surface area contributed by atoms with Gasteiger partial charge in [0.25, 0.3) is 5.91 Å². The summed E-state index contributed by atoms with van der Waals surface area (Å²) >= 11 is 1.52. The maximum atomic E-state index is 12.6. The molecule has 2 aromatic heterocycles. The molecule has 0 bridgehead atoms. The van der Waals surface area contributed by atoms with Crippen LogP contribution in [0.3, 0.4) is 0 Å². The number of rotatable bonds is 3. The average Bonchev–Trinajstić information content (AvgIpc) is 3.31. The van der Waals surface area contributed by atoms with E-state index in [9.17, 15) is 4.79 Å². The predicted octanol–water partition coefficient (Wildman–Crippen LogP) is 4.17. The molecule has 1 N–H and O–H groups in total. The number of likely N-dealkylation sites (tertiary alicyclic amines) is 1. The maximum Gasteiger partial charge on any atom is 0.273 e. The Labute approximate surface area is 157 Å². The molecular formula is C20H22N4OS. The van der Waals surface area contributed by atoms with Crippen molar-refractivity contribution in [1.82, 2.24) is 20.1 Å². The lowest BCUT2D eigenvalue weighted by molar-refractivity contribution is 0.0707. The van der Waals surface area contributed by atoms with E-state index in [0.29, 0.717) is 11.6 Å². The molecule has 1 fully saturated rings. The van der Waals surface area contributed by atoms with Gasteiger partial charge in [-0.2, -0.15) is 5.10 Å². The lowest BCUT2D eigenvalue weighted by atomic mass is 9.88. The van der Waals surface area contributed by atoms with Crippen molar-refractivity contribution in [3.8, 4) is 11.1 Å². The number of benzene rings is 1. The molecule has 0 atom stereocenters. The number of nitrogens with one attached hydrogen (secondary N) is 1. The third kappa shape index (κ3) is 3.17. The fourth-order valence-corrected chi connectivity index (χ4v) is 4.28. The smallest absolute Gasteiger partial charge is 0.273 e. The van der Waals surface area contributed by atoms with Gasteiger partial charge in [-0.3, -0.25) is 9.89 Å². The molecule has 4 rings (SSSR count). The molecule has 0 spiro atoms. The van der Waals surface area contributed by atoms with Crippen LogP contribution in [-0.2, 0) is 0 Å². The third-order valence-corrected chi connectivity index (χ3v) is 5.91. The third-order valence-electron chi connectivity index (χ3n) is 5.13. The summed E-state index contributed by atoms with van der Waals surface area (Å²) in [5.74, 6) is 0.449. The van der Waals surface area contributed by atoms with Crippen LogP contribution in [0.5, 0.6) is 0 Å². The molecule has 5 nitrogen and oxygen atoms in total. The number of nitrogens with zero attached hydrogens (tertiary/aromatic N) is 3. The van der Waals surface area contributed by atoms with Crippen molar-refractivity contribution < 1.29 is 4.79 Å². The molecule has 1 aromatic carbocycles. The SMILES string of the molecule is Cc1nc(C(=O)N2CCC(c3[nH]ncc3-c3ccccc3C)CC2)cs1. The number of piperidine rings is 1. The zero-order chi connectivity index (χ0) is 18.1. The monoisotopic (exact) mass is 366 g/mol. The summed E-state index contributed by atoms with van der Waals surface area (Å²) in [6.45, 7) is 5.57. The highest BCUT2D eigenvalue weighted by Crippen LogP contribution is 2.35. The Morgan fingerprint density at radius 3 is 2.65 bits per heavy atom. The summed E-state index contributed by atoms with van der Waals surface area (Å²) in [6.07, 6.45) is 3.80. The molecule has 1 aliphatic rings. The first-order valence-corrected chi connectivity index (χ1v) is 9.82. The zero-order valence-electron chi connectivity index (χ0n) is 15.0. The van der Waals surface area contributed by atoms with Gasteiger partial charge in [0.05, 0.1) is 11.2 Å². The lowest BCUT2D eigenvalue weighted by Gasteiger charge is -2.31. The van der Waals surface area contributed by atoms with Gasteiger partial charge in [-0.25, -0.2) is 4.98 Å². The Morgan fingerprint density at radius 2 is 1.96 bits per heavy atom. The Kier molecular flexibility index (Phi) is 4.59. The number of carbonyl (C=O) groups excluding carboxylic acids is 1. The van der Waals surface area contributed by atoms with Crippen molar-refractivity contribution in [3.05, 3.63) is 57.8 Å². The predicted molar refractivity (Wildman–Crippen MR) is 103 cm³/mol. The number of amides is 1. The summed E-state index contributed by atoms with van der Waals surface area (Å²) in [6, 6.07) is 8.40. The average molecular weight is 366 g/mol. The van der Waals surface area contributed by atoms with Crippen LogP contribution >= 0.6 is 11.3 Å². The van der Waals surface area contributed by atoms with Crippen molar-refractivity contribution in [2.75, 3.05) is 13.1 Å². The standard InChI is InChI=1S/C20H22N4OS/c1-13-5-3-4-6-16(13)17-11-21-23-19(17)15-7-9-24(10-8-15)20(25)18-12-26-14(2)22-18/h3-6,11-12,15H,7-10H2,1-2H3,(H,21,23). The van der Waals surface area contributed by atoms with Crippen molar-refractivity contribution >= 4 is 17.2 Å². The molecule has 3 aromatic rings. The topological polar surface area (TPSA) is 61.9 Å². The number of aryl methyl sites for hydroxylation is 2. The Morgan fingerprint density at radius 1 is 1.19 bits per heavy atom. The normalized spacial score (nSPS) is 15.4. The summed E-state index contributed by atoms with van der Waals surface area (Å²) in [5.41, 5.74) is 5.43. The van der Waals surface area contributed by atoms with E-state index in [1.54, 1.807) is 0 Å². The number of aromatic amines is 1. The molecule has 6 heteroatoms. The molecule has 0 unspecified atom stereocenters. The molecule has 0 aliphatic carbocycles. The van der Waals surface area contributed by atoms with Gasteiger partial charge >= 0.3 is 0 Å². The maximum absolute atomic E-state index is 12.6. The number of thiazole rings is 1. The minimum Gasteiger partial charge on any atom is -0.337 e. The van der Waals surface area contributed by atoms with E-state index in [2.05, 4.69) is 46.4 Å². The van der Waals surface area contributed by atoms with Gasteiger partial charge in [0.1, 0.15) is 5.69 Å². The molecule has 1 aliphatic heterocycles. The van der Waals surface area contributed by atoms with Gasteiger partial charge in [0.15, 0.2) is 0 Å². The minimum atomic E-state index is 0.0524. The summed E-state index contributed by atoms with van der Waals surface area (Å²) in [4.78, 5) is 18.8. The van der Waals surface area contributed by atoms with E-state index in [1.807, 2.05) is 23.4 Å². The van der Waals surface area contributed by atoms with E-state index >= 15 is 0 Å². The highest BCUT2D eigenvalue weighted by Gasteiger charge is 2.28. The summed E-state index contributed by atoms with van der Waals surface area (Å²) < 4.78 is 0. The fraction of sp³-hybridized carbons (Fsp3) is 0.350. The molecule has 26 heavy (non-hydrogen) atoms. The Balaban J connectivity index is 1.49. The molecule has 1 amide bonds. The first-order valence-electron chi connectivity index (χ1n) is 8.94. The minimum absolute atomic E-state index is 0.0524. The van der Waals surface area contributed by atoms with Gasteiger partial charge in [0, 0.05) is 35.6 Å². The number of aromatic nitrogens is 3. The Hall–Kier alpha value is -2.47. The second-order valence-electron chi connectivity index (χ2n) is 6.83. The number of hydrogen-bond donors (Lipinski definition) is 1. The van der Waals surface area contributed by atoms with Gasteiger partial charge < -0.3 is 4.90 Å². The van der Waals surface area contributed by atoms with Gasteiger partial charge in [0.2, 0.25) is 0 Å². The highest BCUT2D eigenvalue weighted by atomic mass is 32.1. The summed E-state index contributed by atoms with van der Waals surface area (Å²) in [7, 11) is 0. The fourth-order valence-electron chi connectivity index (χ4n) is 3.69. The van der Waals surface area contributed by atoms with Crippen molar-refractivity contribution in [2.45, 2.75) is 32.6 Å². The lowest BCUT2D eigenvalue weighted by Crippen LogP contribution is -2.38. The first kappa shape index (κ1) is 17.0. The van der Waals surface area contributed by atoms with E-state index in [4.69, 9.17) is 0 Å². The van der Waals surface area contributed by atoms with Crippen molar-refractivity contribution in [2.24, 2.45) is 0 Å². The van der Waals surface area contributed by atoms with Gasteiger partial charge in [-0.1, -0.05) is 24.3 Å². The molecule has 1 saturated heterocycles. The van der Waals surface area contributed by atoms with Crippen molar-refractivity contribution in [3.63, 3.8) is 0 Å². The first-order chi connectivity index (χ1) is 12.6. The van der Waals surface area contributed by atoms with Crippen LogP contribution in [0.4, 0.5) is 0 Å². The largest absolute Gasteiger partial charge is 0.337 e. The van der Waals surface area contributed by atoms with E-state index in [1.165, 1.54) is 33.7 Å². The highest BCUT2D eigenvalue weighted by molar-refractivity contribution is 7.09. The van der Waals surface area contributed by atoms with Gasteiger partial charge in [-0.05, 0) is 37.8 Å². The second kappa shape index (κ2) is 7.03. The number of hydrogen-bond acceptors (Lipinski definition) is 4. The van der Waals surface area contributed by atoms with Crippen LogP contribution in [0, 0.1) is 13.8 Å². The van der Waals surface area contributed by atoms with Crippen LogP contribution in [-0.4, -0.2) is 39.1 Å². The van der Waals surface area contributed by atoms with Crippen molar-refractivity contribution in [1.29, 1.82) is 0 Å².